The molecule has 0 aliphatic carbocycles. The van der Waals surface area contributed by atoms with E-state index in [9.17, 15) is 0 Å². The van der Waals surface area contributed by atoms with E-state index in [0.717, 1.165) is 31.5 Å². The van der Waals surface area contributed by atoms with Gasteiger partial charge in [0.15, 0.2) is 0 Å². The van der Waals surface area contributed by atoms with E-state index in [1.165, 1.54) is 32.1 Å². The second-order valence-electron chi connectivity index (χ2n) is 6.89. The lowest BCUT2D eigenvalue weighted by Crippen LogP contribution is -2.28. The molecule has 0 atom stereocenters. The molecule has 0 aromatic carbocycles. The third-order valence-corrected chi connectivity index (χ3v) is 4.01. The molecule has 2 heteroatoms. The summed E-state index contributed by atoms with van der Waals surface area (Å²) in [6.07, 6.45) is 7.55. The molecule has 19 heavy (non-hydrogen) atoms. The van der Waals surface area contributed by atoms with E-state index in [1.54, 1.807) is 7.11 Å². The third-order valence-electron chi connectivity index (χ3n) is 4.01. The summed E-state index contributed by atoms with van der Waals surface area (Å²) in [6, 6.07) is 0. The molecular formula is C17H36O2. The van der Waals surface area contributed by atoms with Crippen molar-refractivity contribution in [3.8, 4) is 0 Å². The average Bonchev–Trinajstić information content (AvgIpc) is 2.34. The largest absolute Gasteiger partial charge is 0.385 e. The van der Waals surface area contributed by atoms with Crippen molar-refractivity contribution < 1.29 is 9.47 Å². The van der Waals surface area contributed by atoms with Crippen molar-refractivity contribution in [1.82, 2.24) is 0 Å². The van der Waals surface area contributed by atoms with Crippen LogP contribution in [0.15, 0.2) is 0 Å². The van der Waals surface area contributed by atoms with Crippen LogP contribution in [0.2, 0.25) is 0 Å². The topological polar surface area (TPSA) is 18.5 Å². The number of rotatable bonds is 12. The van der Waals surface area contributed by atoms with Crippen molar-refractivity contribution in [2.45, 2.75) is 66.2 Å². The van der Waals surface area contributed by atoms with Crippen LogP contribution < -0.4 is 0 Å². The van der Waals surface area contributed by atoms with Crippen LogP contribution in [0.1, 0.15) is 66.2 Å². The molecule has 0 aliphatic heterocycles. The first-order valence-corrected chi connectivity index (χ1v) is 7.93. The molecule has 0 heterocycles. The van der Waals surface area contributed by atoms with Gasteiger partial charge in [-0.15, -0.1) is 0 Å². The van der Waals surface area contributed by atoms with Gasteiger partial charge < -0.3 is 9.47 Å². The normalized spacial score (nSPS) is 12.6. The summed E-state index contributed by atoms with van der Waals surface area (Å²) < 4.78 is 10.8. The summed E-state index contributed by atoms with van der Waals surface area (Å²) >= 11 is 0. The van der Waals surface area contributed by atoms with Crippen LogP contribution >= 0.6 is 0 Å². The lowest BCUT2D eigenvalue weighted by molar-refractivity contribution is 0.0413. The van der Waals surface area contributed by atoms with Gasteiger partial charge in [-0.1, -0.05) is 40.5 Å². The van der Waals surface area contributed by atoms with Crippen LogP contribution in [0.3, 0.4) is 0 Å². The van der Waals surface area contributed by atoms with Crippen LogP contribution in [0.4, 0.5) is 0 Å². The SMILES string of the molecule is COCCCC(CCC(C)C)(CCC(C)C)COC. The van der Waals surface area contributed by atoms with Gasteiger partial charge in [-0.2, -0.15) is 0 Å². The number of ether oxygens (including phenoxy) is 2. The Morgan fingerprint density at radius 1 is 0.789 bits per heavy atom. The summed E-state index contributed by atoms with van der Waals surface area (Å²) in [4.78, 5) is 0. The van der Waals surface area contributed by atoms with Gasteiger partial charge in [0.2, 0.25) is 0 Å². The van der Waals surface area contributed by atoms with Crippen LogP contribution in [-0.2, 0) is 9.47 Å². The van der Waals surface area contributed by atoms with Gasteiger partial charge in [-0.05, 0) is 42.9 Å². The first-order valence-electron chi connectivity index (χ1n) is 7.93. The van der Waals surface area contributed by atoms with E-state index in [4.69, 9.17) is 9.47 Å². The minimum atomic E-state index is 0.363. The summed E-state index contributed by atoms with van der Waals surface area (Å²) in [5, 5.41) is 0. The smallest absolute Gasteiger partial charge is 0.0518 e. The van der Waals surface area contributed by atoms with E-state index < -0.39 is 0 Å². The Hall–Kier alpha value is -0.0800. The monoisotopic (exact) mass is 272 g/mol. The Bertz CT molecular complexity index is 187. The van der Waals surface area contributed by atoms with Crippen molar-refractivity contribution >= 4 is 0 Å². The lowest BCUT2D eigenvalue weighted by Gasteiger charge is -2.35. The predicted octanol–water partition coefficient (Wildman–Crippen LogP) is 4.92. The minimum Gasteiger partial charge on any atom is -0.385 e. The van der Waals surface area contributed by atoms with Gasteiger partial charge in [0.05, 0.1) is 6.61 Å². The second-order valence-corrected chi connectivity index (χ2v) is 6.89. The first-order chi connectivity index (χ1) is 8.95. The molecule has 0 saturated carbocycles. The Balaban J connectivity index is 4.56. The van der Waals surface area contributed by atoms with Crippen LogP contribution in [-0.4, -0.2) is 27.4 Å². The fraction of sp³-hybridized carbons (Fsp3) is 1.00. The number of hydrogen-bond donors (Lipinski definition) is 0. The highest BCUT2D eigenvalue weighted by atomic mass is 16.5. The van der Waals surface area contributed by atoms with E-state index >= 15 is 0 Å². The van der Waals surface area contributed by atoms with E-state index in [0.29, 0.717) is 5.41 Å². The van der Waals surface area contributed by atoms with Gasteiger partial charge in [0.25, 0.3) is 0 Å². The molecule has 0 N–H and O–H groups in total. The van der Waals surface area contributed by atoms with Gasteiger partial charge in [-0.3, -0.25) is 0 Å². The Morgan fingerprint density at radius 3 is 1.68 bits per heavy atom. The maximum atomic E-state index is 5.56. The van der Waals surface area contributed by atoms with Crippen molar-refractivity contribution in [1.29, 1.82) is 0 Å². The maximum Gasteiger partial charge on any atom is 0.0518 e. The molecule has 0 aromatic heterocycles. The molecule has 0 aromatic rings. The average molecular weight is 272 g/mol. The van der Waals surface area contributed by atoms with Gasteiger partial charge in [0, 0.05) is 20.8 Å². The zero-order valence-electron chi connectivity index (χ0n) is 14.1. The standard InChI is InChI=1S/C17H36O2/c1-15(2)8-11-17(14-19-6,10-7-13-18-5)12-9-16(3)4/h15-16H,7-14H2,1-6H3. The lowest BCUT2D eigenvalue weighted by atomic mass is 9.74. The van der Waals surface area contributed by atoms with Crippen molar-refractivity contribution in [2.24, 2.45) is 17.3 Å². The van der Waals surface area contributed by atoms with Crippen LogP contribution in [0.25, 0.3) is 0 Å². The molecule has 0 rings (SSSR count). The number of hydrogen-bond acceptors (Lipinski definition) is 2. The molecule has 0 amide bonds. The summed E-state index contributed by atoms with van der Waals surface area (Å²) in [7, 11) is 3.63. The molecule has 0 unspecified atom stereocenters. The quantitative estimate of drug-likeness (QED) is 0.470. The highest BCUT2D eigenvalue weighted by Crippen LogP contribution is 2.37. The van der Waals surface area contributed by atoms with Gasteiger partial charge >= 0.3 is 0 Å². The Morgan fingerprint density at radius 2 is 1.32 bits per heavy atom. The molecule has 0 radical (unpaired) electrons. The van der Waals surface area contributed by atoms with Crippen LogP contribution in [0.5, 0.6) is 0 Å². The van der Waals surface area contributed by atoms with Gasteiger partial charge in [0.1, 0.15) is 0 Å². The molecule has 0 fully saturated rings. The summed E-state index contributed by atoms with van der Waals surface area (Å²) in [5.41, 5.74) is 0.363. The van der Waals surface area contributed by atoms with Crippen LogP contribution in [0, 0.1) is 17.3 Å². The fourth-order valence-corrected chi connectivity index (χ4v) is 2.68. The van der Waals surface area contributed by atoms with E-state index in [-0.39, 0.29) is 0 Å². The first kappa shape index (κ1) is 18.9. The van der Waals surface area contributed by atoms with E-state index in [1.807, 2.05) is 7.11 Å². The maximum absolute atomic E-state index is 5.56. The predicted molar refractivity (Wildman–Crippen MR) is 83.6 cm³/mol. The second kappa shape index (κ2) is 10.7. The van der Waals surface area contributed by atoms with Crippen molar-refractivity contribution in [3.05, 3.63) is 0 Å². The minimum absolute atomic E-state index is 0.363. The van der Waals surface area contributed by atoms with Gasteiger partial charge in [-0.25, -0.2) is 0 Å². The zero-order valence-corrected chi connectivity index (χ0v) is 14.1. The van der Waals surface area contributed by atoms with E-state index in [2.05, 4.69) is 27.7 Å². The molecule has 0 saturated heterocycles. The third kappa shape index (κ3) is 9.45. The highest BCUT2D eigenvalue weighted by molar-refractivity contribution is 4.80. The molecule has 0 aliphatic rings. The molecule has 0 bridgehead atoms. The molecule has 0 spiro atoms. The van der Waals surface area contributed by atoms with Crippen molar-refractivity contribution in [3.63, 3.8) is 0 Å². The Kier molecular flexibility index (Phi) is 10.6. The van der Waals surface area contributed by atoms with Crippen molar-refractivity contribution in [2.75, 3.05) is 27.4 Å². The summed E-state index contributed by atoms with van der Waals surface area (Å²) in [6.45, 7) is 11.0. The Labute approximate surface area is 121 Å². The molecule has 2 nitrogen and oxygen atoms in total. The molecule has 116 valence electrons. The zero-order chi connectivity index (χ0) is 14.7. The number of methoxy groups -OCH3 is 2. The molecular weight excluding hydrogens is 236 g/mol. The fourth-order valence-electron chi connectivity index (χ4n) is 2.68. The summed E-state index contributed by atoms with van der Waals surface area (Å²) in [5.74, 6) is 1.55. The highest BCUT2D eigenvalue weighted by Gasteiger charge is 2.29.